The quantitative estimate of drug-likeness (QED) is 0.911. The van der Waals surface area contributed by atoms with Crippen molar-refractivity contribution in [3.05, 3.63) is 23.4 Å². The number of nitrogens with one attached hydrogen (secondary N) is 1. The molecule has 0 aromatic carbocycles. The lowest BCUT2D eigenvalue weighted by atomic mass is 10.1. The van der Waals surface area contributed by atoms with Crippen LogP contribution in [0.4, 0.5) is 10.6 Å². The molecule has 1 aromatic rings. The van der Waals surface area contributed by atoms with Gasteiger partial charge in [-0.2, -0.15) is 0 Å². The zero-order valence-corrected chi connectivity index (χ0v) is 12.1. The Balaban J connectivity index is 1.51. The van der Waals surface area contributed by atoms with E-state index in [-0.39, 0.29) is 6.03 Å². The van der Waals surface area contributed by atoms with Gasteiger partial charge in [-0.05, 0) is 31.4 Å². The number of halogens is 1. The second-order valence-electron chi connectivity index (χ2n) is 5.36. The number of urea groups is 1. The van der Waals surface area contributed by atoms with Crippen LogP contribution in [0.15, 0.2) is 18.3 Å². The van der Waals surface area contributed by atoms with Gasteiger partial charge in [0.15, 0.2) is 0 Å². The van der Waals surface area contributed by atoms with E-state index in [1.165, 1.54) is 0 Å². The van der Waals surface area contributed by atoms with E-state index < -0.39 is 0 Å². The number of piperidine rings is 1. The molecule has 2 saturated heterocycles. The van der Waals surface area contributed by atoms with E-state index in [4.69, 9.17) is 11.6 Å². The summed E-state index contributed by atoms with van der Waals surface area (Å²) >= 11 is 6.09. The molecule has 0 atom stereocenters. The molecule has 6 heteroatoms. The number of aromatic nitrogens is 1. The SMILES string of the molecule is O=C(N1CCC1)N1CCC(Nc2ncccc2Cl)CC1. The number of hydrogen-bond acceptors (Lipinski definition) is 3. The Kier molecular flexibility index (Phi) is 3.96. The lowest BCUT2D eigenvalue weighted by Crippen LogP contribution is -2.52. The Labute approximate surface area is 123 Å². The van der Waals surface area contributed by atoms with Gasteiger partial charge in [0, 0.05) is 38.4 Å². The number of carbonyl (C=O) groups is 1. The van der Waals surface area contributed by atoms with Crippen LogP contribution in [0.25, 0.3) is 0 Å². The smallest absolute Gasteiger partial charge is 0.320 e. The summed E-state index contributed by atoms with van der Waals surface area (Å²) in [5.41, 5.74) is 0. The van der Waals surface area contributed by atoms with E-state index in [0.717, 1.165) is 51.3 Å². The molecule has 0 aliphatic carbocycles. The van der Waals surface area contributed by atoms with Gasteiger partial charge in [0.2, 0.25) is 0 Å². The minimum absolute atomic E-state index is 0.200. The highest BCUT2D eigenvalue weighted by molar-refractivity contribution is 6.32. The van der Waals surface area contributed by atoms with Crippen molar-refractivity contribution in [3.8, 4) is 0 Å². The first-order chi connectivity index (χ1) is 9.74. The van der Waals surface area contributed by atoms with E-state index in [2.05, 4.69) is 10.3 Å². The number of nitrogens with zero attached hydrogens (tertiary/aromatic N) is 3. The van der Waals surface area contributed by atoms with E-state index >= 15 is 0 Å². The molecule has 0 spiro atoms. The zero-order valence-electron chi connectivity index (χ0n) is 11.4. The number of hydrogen-bond donors (Lipinski definition) is 1. The topological polar surface area (TPSA) is 48.5 Å². The third-order valence-corrected chi connectivity index (χ3v) is 4.30. The van der Waals surface area contributed by atoms with Crippen LogP contribution in [0.1, 0.15) is 19.3 Å². The fraction of sp³-hybridized carbons (Fsp3) is 0.571. The van der Waals surface area contributed by atoms with Gasteiger partial charge in [-0.25, -0.2) is 9.78 Å². The molecule has 5 nitrogen and oxygen atoms in total. The third-order valence-electron chi connectivity index (χ3n) is 3.99. The van der Waals surface area contributed by atoms with Gasteiger partial charge in [-0.15, -0.1) is 0 Å². The van der Waals surface area contributed by atoms with Gasteiger partial charge in [0.25, 0.3) is 0 Å². The van der Waals surface area contributed by atoms with Crippen molar-refractivity contribution in [2.75, 3.05) is 31.5 Å². The molecular formula is C14H19ClN4O. The first-order valence-electron chi connectivity index (χ1n) is 7.15. The lowest BCUT2D eigenvalue weighted by Gasteiger charge is -2.39. The Morgan fingerprint density at radius 2 is 1.95 bits per heavy atom. The van der Waals surface area contributed by atoms with Crippen LogP contribution in [0.5, 0.6) is 0 Å². The molecule has 20 heavy (non-hydrogen) atoms. The summed E-state index contributed by atoms with van der Waals surface area (Å²) in [4.78, 5) is 20.2. The van der Waals surface area contributed by atoms with Gasteiger partial charge in [0.1, 0.15) is 5.82 Å². The number of amides is 2. The number of likely N-dealkylation sites (tertiary alicyclic amines) is 2. The molecule has 3 heterocycles. The maximum atomic E-state index is 12.1. The Bertz CT molecular complexity index is 484. The Hall–Kier alpha value is -1.49. The summed E-state index contributed by atoms with van der Waals surface area (Å²) in [6, 6.07) is 4.19. The fourth-order valence-corrected chi connectivity index (χ4v) is 2.78. The molecule has 2 aliphatic rings. The van der Waals surface area contributed by atoms with Crippen LogP contribution in [-0.4, -0.2) is 53.0 Å². The molecular weight excluding hydrogens is 276 g/mol. The number of pyridine rings is 1. The molecule has 1 N–H and O–H groups in total. The summed E-state index contributed by atoms with van der Waals surface area (Å²) in [6.07, 6.45) is 4.75. The molecule has 0 unspecified atom stereocenters. The van der Waals surface area contributed by atoms with E-state index in [9.17, 15) is 4.79 Å². The van der Waals surface area contributed by atoms with Gasteiger partial charge >= 0.3 is 6.03 Å². The van der Waals surface area contributed by atoms with Crippen molar-refractivity contribution in [1.82, 2.24) is 14.8 Å². The van der Waals surface area contributed by atoms with Crippen LogP contribution in [0.2, 0.25) is 5.02 Å². The second-order valence-corrected chi connectivity index (χ2v) is 5.77. The fourth-order valence-electron chi connectivity index (χ4n) is 2.61. The van der Waals surface area contributed by atoms with Crippen LogP contribution >= 0.6 is 11.6 Å². The van der Waals surface area contributed by atoms with Crippen molar-refractivity contribution in [2.24, 2.45) is 0 Å². The van der Waals surface area contributed by atoms with Crippen LogP contribution in [-0.2, 0) is 0 Å². The van der Waals surface area contributed by atoms with Crippen LogP contribution < -0.4 is 5.32 Å². The molecule has 2 aliphatic heterocycles. The highest BCUT2D eigenvalue weighted by Crippen LogP contribution is 2.22. The summed E-state index contributed by atoms with van der Waals surface area (Å²) in [6.45, 7) is 3.44. The van der Waals surface area contributed by atoms with E-state index in [1.54, 1.807) is 6.20 Å². The van der Waals surface area contributed by atoms with Crippen molar-refractivity contribution in [2.45, 2.75) is 25.3 Å². The maximum Gasteiger partial charge on any atom is 0.320 e. The normalized spacial score (nSPS) is 19.6. The maximum absolute atomic E-state index is 12.1. The van der Waals surface area contributed by atoms with Crippen LogP contribution in [0.3, 0.4) is 0 Å². The molecule has 3 rings (SSSR count). The molecule has 2 fully saturated rings. The van der Waals surface area contributed by atoms with Crippen molar-refractivity contribution in [3.63, 3.8) is 0 Å². The zero-order chi connectivity index (χ0) is 13.9. The van der Waals surface area contributed by atoms with E-state index in [1.807, 2.05) is 21.9 Å². The number of rotatable bonds is 2. The summed E-state index contributed by atoms with van der Waals surface area (Å²) in [7, 11) is 0. The van der Waals surface area contributed by atoms with Gasteiger partial charge < -0.3 is 15.1 Å². The first kappa shape index (κ1) is 13.5. The van der Waals surface area contributed by atoms with Crippen LogP contribution in [0, 0.1) is 0 Å². The largest absolute Gasteiger partial charge is 0.366 e. The minimum atomic E-state index is 0.200. The molecule has 2 amide bonds. The number of carbonyl (C=O) groups excluding carboxylic acids is 1. The first-order valence-corrected chi connectivity index (χ1v) is 7.53. The monoisotopic (exact) mass is 294 g/mol. The minimum Gasteiger partial charge on any atom is -0.366 e. The molecule has 108 valence electrons. The summed E-state index contributed by atoms with van der Waals surface area (Å²) in [5.74, 6) is 0.738. The predicted octanol–water partition coefficient (Wildman–Crippen LogP) is 2.44. The average Bonchev–Trinajstić information content (AvgIpc) is 2.40. The molecule has 0 saturated carbocycles. The highest BCUT2D eigenvalue weighted by atomic mass is 35.5. The lowest BCUT2D eigenvalue weighted by molar-refractivity contribution is 0.117. The highest BCUT2D eigenvalue weighted by Gasteiger charge is 2.29. The number of anilines is 1. The molecule has 1 aromatic heterocycles. The van der Waals surface area contributed by atoms with E-state index in [0.29, 0.717) is 11.1 Å². The third kappa shape index (κ3) is 2.82. The second kappa shape index (κ2) is 5.87. The van der Waals surface area contributed by atoms with Crippen molar-refractivity contribution in [1.29, 1.82) is 0 Å². The standard InChI is InChI=1S/C14H19ClN4O/c15-12-3-1-6-16-13(12)17-11-4-9-19(10-5-11)14(20)18-7-2-8-18/h1,3,6,11H,2,4-5,7-10H2,(H,16,17). The van der Waals surface area contributed by atoms with Gasteiger partial charge in [-0.1, -0.05) is 11.6 Å². The van der Waals surface area contributed by atoms with Crippen molar-refractivity contribution >= 4 is 23.4 Å². The van der Waals surface area contributed by atoms with Gasteiger partial charge in [-0.3, -0.25) is 0 Å². The summed E-state index contributed by atoms with van der Waals surface area (Å²) in [5, 5.41) is 4.02. The Morgan fingerprint density at radius 1 is 1.25 bits per heavy atom. The molecule has 0 radical (unpaired) electrons. The van der Waals surface area contributed by atoms with Crippen molar-refractivity contribution < 1.29 is 4.79 Å². The Morgan fingerprint density at radius 3 is 2.55 bits per heavy atom. The average molecular weight is 295 g/mol. The van der Waals surface area contributed by atoms with Gasteiger partial charge in [0.05, 0.1) is 5.02 Å². The molecule has 0 bridgehead atoms. The predicted molar refractivity (Wildman–Crippen MR) is 79.1 cm³/mol. The summed E-state index contributed by atoms with van der Waals surface area (Å²) < 4.78 is 0.